The van der Waals surface area contributed by atoms with Gasteiger partial charge in [-0.2, -0.15) is 4.39 Å². The molecular weight excluding hydrogens is 600 g/mol. The lowest BCUT2D eigenvalue weighted by Crippen LogP contribution is -2.49. The summed E-state index contributed by atoms with van der Waals surface area (Å²) in [7, 11) is 1.48. The molecule has 0 spiro atoms. The van der Waals surface area contributed by atoms with Gasteiger partial charge in [0.1, 0.15) is 17.6 Å². The van der Waals surface area contributed by atoms with Crippen molar-refractivity contribution in [2.45, 2.75) is 38.9 Å². The molecule has 0 aromatic heterocycles. The molecule has 3 aromatic carbocycles. The normalized spacial score (nSPS) is 12.0. The number of halogens is 4. The van der Waals surface area contributed by atoms with Crippen molar-refractivity contribution in [2.75, 3.05) is 7.11 Å². The first-order chi connectivity index (χ1) is 18.2. The number of nitrogens with zero attached hydrogens (tertiary/aromatic N) is 2. The van der Waals surface area contributed by atoms with Crippen molar-refractivity contribution >= 4 is 45.0 Å². The number of hydrogen-bond donors (Lipinski definition) is 1. The van der Waals surface area contributed by atoms with E-state index in [-0.39, 0.29) is 21.6 Å². The molecule has 8 nitrogen and oxygen atoms in total. The summed E-state index contributed by atoms with van der Waals surface area (Å²) in [6, 6.07) is 10.3. The summed E-state index contributed by atoms with van der Waals surface area (Å²) in [4.78, 5) is 39.2. The van der Waals surface area contributed by atoms with Gasteiger partial charge in [-0.25, -0.2) is 4.39 Å². The van der Waals surface area contributed by atoms with Crippen molar-refractivity contribution in [3.63, 3.8) is 0 Å². The van der Waals surface area contributed by atoms with Gasteiger partial charge in [-0.3, -0.25) is 19.7 Å². The summed E-state index contributed by atoms with van der Waals surface area (Å²) in [6.45, 7) is 4.87. The molecule has 1 atom stereocenters. The molecule has 0 saturated carbocycles. The van der Waals surface area contributed by atoms with Crippen molar-refractivity contribution in [3.8, 4) is 5.75 Å². The maximum absolute atomic E-state index is 15.3. The Balaban J connectivity index is 2.27. The number of carbonyl (C=O) groups excluding carboxylic acids is 2. The van der Waals surface area contributed by atoms with Gasteiger partial charge in [0, 0.05) is 33.2 Å². The minimum absolute atomic E-state index is 0.0151. The molecule has 0 heterocycles. The maximum Gasteiger partial charge on any atom is 0.306 e. The van der Waals surface area contributed by atoms with Crippen LogP contribution in [0.2, 0.25) is 5.02 Å². The lowest BCUT2D eigenvalue weighted by atomic mass is 9.99. The predicted molar refractivity (Wildman–Crippen MR) is 146 cm³/mol. The highest BCUT2D eigenvalue weighted by molar-refractivity contribution is 9.10. The number of rotatable bonds is 8. The number of nitrogens with one attached hydrogen (secondary N) is 1. The van der Waals surface area contributed by atoms with Gasteiger partial charge < -0.3 is 15.0 Å². The number of methoxy groups -OCH3 is 1. The first-order valence-corrected chi connectivity index (χ1v) is 12.7. The largest absolute Gasteiger partial charge is 0.497 e. The molecule has 3 aromatic rings. The zero-order valence-electron chi connectivity index (χ0n) is 21.4. The van der Waals surface area contributed by atoms with E-state index in [0.29, 0.717) is 11.3 Å². The van der Waals surface area contributed by atoms with Gasteiger partial charge >= 0.3 is 5.69 Å². The highest BCUT2D eigenvalue weighted by atomic mass is 79.9. The molecule has 12 heteroatoms. The Bertz CT molecular complexity index is 1410. The van der Waals surface area contributed by atoms with E-state index < -0.39 is 51.2 Å². The summed E-state index contributed by atoms with van der Waals surface area (Å²) < 4.78 is 35.0. The number of hydrogen-bond acceptors (Lipinski definition) is 5. The summed E-state index contributed by atoms with van der Waals surface area (Å²) >= 11 is 9.48. The summed E-state index contributed by atoms with van der Waals surface area (Å²) in [5, 5.41) is 14.2. The van der Waals surface area contributed by atoms with E-state index in [4.69, 9.17) is 16.3 Å². The first kappa shape index (κ1) is 30.0. The Morgan fingerprint density at radius 2 is 1.77 bits per heavy atom. The molecule has 2 amide bonds. The summed E-state index contributed by atoms with van der Waals surface area (Å²) in [5.41, 5.74) is -1.91. The van der Waals surface area contributed by atoms with Crippen LogP contribution in [0.5, 0.6) is 5.75 Å². The molecule has 1 N–H and O–H groups in total. The number of benzene rings is 3. The van der Waals surface area contributed by atoms with Gasteiger partial charge in [-0.05, 0) is 62.7 Å². The fourth-order valence-corrected chi connectivity index (χ4v) is 4.51. The van der Waals surface area contributed by atoms with Gasteiger partial charge in [0.2, 0.25) is 11.7 Å². The lowest BCUT2D eigenvalue weighted by molar-refractivity contribution is -0.387. The highest BCUT2D eigenvalue weighted by Crippen LogP contribution is 2.34. The van der Waals surface area contributed by atoms with Crippen LogP contribution in [0.25, 0.3) is 0 Å². The molecule has 0 radical (unpaired) electrons. The van der Waals surface area contributed by atoms with Crippen LogP contribution < -0.4 is 10.1 Å². The summed E-state index contributed by atoms with van der Waals surface area (Å²) in [5.74, 6) is -3.35. The molecule has 0 aliphatic rings. The predicted octanol–water partition coefficient (Wildman–Crippen LogP) is 6.60. The van der Waals surface area contributed by atoms with E-state index in [1.807, 2.05) is 0 Å². The van der Waals surface area contributed by atoms with E-state index in [2.05, 4.69) is 21.2 Å². The zero-order valence-corrected chi connectivity index (χ0v) is 23.8. The van der Waals surface area contributed by atoms with Crippen LogP contribution in [0.15, 0.2) is 59.1 Å². The fraction of sp³-hybridized carbons (Fsp3) is 0.259. The van der Waals surface area contributed by atoms with Crippen molar-refractivity contribution in [1.29, 1.82) is 0 Å². The van der Waals surface area contributed by atoms with Gasteiger partial charge in [0.15, 0.2) is 0 Å². The maximum atomic E-state index is 15.3. The number of carbonyl (C=O) groups is 2. The second-order valence-electron chi connectivity index (χ2n) is 9.63. The number of nitro groups is 1. The van der Waals surface area contributed by atoms with E-state index in [0.717, 1.165) is 29.2 Å². The SMILES string of the molecule is COc1ccc(CN(C(=O)c2cc(Br)cc([N+](=O)[O-])c2F)C(C(=O)NC(C)(C)C)c2cc(F)ccc2Cl)cc1. The third-order valence-corrected chi connectivity index (χ3v) is 6.33. The van der Waals surface area contributed by atoms with E-state index in [1.165, 1.54) is 13.2 Å². The fourth-order valence-electron chi connectivity index (χ4n) is 3.84. The zero-order chi connectivity index (χ0) is 29.1. The third-order valence-electron chi connectivity index (χ3n) is 5.53. The average Bonchev–Trinajstić information content (AvgIpc) is 2.85. The molecular formula is C27H25BrClF2N3O5. The Hall–Kier alpha value is -3.57. The monoisotopic (exact) mass is 623 g/mol. The lowest BCUT2D eigenvalue weighted by Gasteiger charge is -2.34. The average molecular weight is 625 g/mol. The number of amides is 2. The molecule has 0 aliphatic heterocycles. The van der Waals surface area contributed by atoms with E-state index in [1.54, 1.807) is 45.0 Å². The van der Waals surface area contributed by atoms with Gasteiger partial charge in [0.05, 0.1) is 17.6 Å². The second-order valence-corrected chi connectivity index (χ2v) is 11.0. The van der Waals surface area contributed by atoms with Crippen molar-refractivity contribution < 1.29 is 28.0 Å². The van der Waals surface area contributed by atoms with Gasteiger partial charge in [0.25, 0.3) is 5.91 Å². The number of nitro benzene ring substituents is 1. The van der Waals surface area contributed by atoms with E-state index >= 15 is 4.39 Å². The van der Waals surface area contributed by atoms with Crippen LogP contribution in [-0.4, -0.2) is 34.3 Å². The van der Waals surface area contributed by atoms with Crippen LogP contribution in [0.4, 0.5) is 14.5 Å². The van der Waals surface area contributed by atoms with Crippen molar-refractivity contribution in [2.24, 2.45) is 0 Å². The Labute approximate surface area is 237 Å². The van der Waals surface area contributed by atoms with Crippen LogP contribution in [0.1, 0.15) is 48.3 Å². The van der Waals surface area contributed by atoms with Crippen molar-refractivity contribution in [3.05, 3.63) is 103 Å². The quantitative estimate of drug-likeness (QED) is 0.225. The smallest absolute Gasteiger partial charge is 0.306 e. The third kappa shape index (κ3) is 7.30. The minimum atomic E-state index is -1.54. The molecule has 1 unspecified atom stereocenters. The molecule has 0 aliphatic carbocycles. The molecule has 206 valence electrons. The molecule has 0 fully saturated rings. The molecule has 0 saturated heterocycles. The standard InChI is InChI=1S/C27H25BrClF2N3O5/c1-27(2,3)32-25(35)24(19-13-17(30)7-10-21(19)29)33(14-15-5-8-18(39-4)9-6-15)26(36)20-11-16(28)12-22(23(20)31)34(37)38/h5-13,24H,14H2,1-4H3,(H,32,35). The van der Waals surface area contributed by atoms with Crippen LogP contribution in [0, 0.1) is 21.7 Å². The molecule has 39 heavy (non-hydrogen) atoms. The number of ether oxygens (including phenoxy) is 1. The summed E-state index contributed by atoms with van der Waals surface area (Å²) in [6.07, 6.45) is 0. The van der Waals surface area contributed by atoms with Gasteiger partial charge in [-0.1, -0.05) is 39.7 Å². The Kier molecular flexibility index (Phi) is 9.29. The molecule has 0 bridgehead atoms. The topological polar surface area (TPSA) is 102 Å². The van der Waals surface area contributed by atoms with Crippen LogP contribution >= 0.6 is 27.5 Å². The minimum Gasteiger partial charge on any atom is -0.497 e. The second kappa shape index (κ2) is 12.1. The highest BCUT2D eigenvalue weighted by Gasteiger charge is 2.37. The van der Waals surface area contributed by atoms with Crippen molar-refractivity contribution in [1.82, 2.24) is 10.2 Å². The van der Waals surface area contributed by atoms with Crippen LogP contribution in [-0.2, 0) is 11.3 Å². The first-order valence-electron chi connectivity index (χ1n) is 11.6. The van der Waals surface area contributed by atoms with E-state index in [9.17, 15) is 24.1 Å². The van der Waals surface area contributed by atoms with Gasteiger partial charge in [-0.15, -0.1) is 0 Å². The van der Waals surface area contributed by atoms with Crippen LogP contribution in [0.3, 0.4) is 0 Å². The Morgan fingerprint density at radius 3 is 2.33 bits per heavy atom. The molecule has 3 rings (SSSR count). The Morgan fingerprint density at radius 1 is 1.13 bits per heavy atom.